The van der Waals surface area contributed by atoms with Crippen LogP contribution in [0.5, 0.6) is 0 Å². The number of nitrogens with zero attached hydrogens (tertiary/aromatic N) is 2. The average Bonchev–Trinajstić information content (AvgIpc) is 2.85. The van der Waals surface area contributed by atoms with Gasteiger partial charge in [0.15, 0.2) is 0 Å². The summed E-state index contributed by atoms with van der Waals surface area (Å²) in [6.45, 7) is 2.81. The number of carbonyl (C=O) groups is 1. The smallest absolute Gasteiger partial charge is 0.341 e. The second kappa shape index (κ2) is 6.10. The Labute approximate surface area is 112 Å². The molecule has 0 N–H and O–H groups in total. The van der Waals surface area contributed by atoms with Crippen molar-refractivity contribution in [2.75, 3.05) is 20.2 Å². The number of carbonyl (C=O) groups excluding carboxylic acids is 1. The van der Waals surface area contributed by atoms with Crippen molar-refractivity contribution >= 4 is 5.97 Å². The largest absolute Gasteiger partial charge is 0.467 e. The number of hydrogen-bond acceptors (Lipinski definition) is 4. The molecule has 4 nitrogen and oxygen atoms in total. The molecule has 0 spiro atoms. The van der Waals surface area contributed by atoms with Gasteiger partial charge in [-0.3, -0.25) is 9.88 Å². The molecule has 19 heavy (non-hydrogen) atoms. The summed E-state index contributed by atoms with van der Waals surface area (Å²) in [4.78, 5) is 17.6. The maximum Gasteiger partial charge on any atom is 0.341 e. The van der Waals surface area contributed by atoms with E-state index in [-0.39, 0.29) is 12.6 Å². The molecule has 2 atom stereocenters. The predicted molar refractivity (Wildman–Crippen MR) is 69.4 cm³/mol. The molecule has 1 aliphatic rings. The van der Waals surface area contributed by atoms with Crippen LogP contribution in [0, 0.1) is 6.92 Å². The fourth-order valence-electron chi connectivity index (χ4n) is 2.54. The number of esters is 1. The number of methoxy groups -OCH3 is 1. The molecule has 1 aromatic rings. The van der Waals surface area contributed by atoms with Crippen molar-refractivity contribution in [3.05, 3.63) is 29.6 Å². The first-order valence-electron chi connectivity index (χ1n) is 6.51. The molecule has 1 fully saturated rings. The molecule has 0 aromatic carbocycles. The van der Waals surface area contributed by atoms with Gasteiger partial charge in [0, 0.05) is 12.2 Å². The summed E-state index contributed by atoms with van der Waals surface area (Å²) in [5.41, 5.74) is 1.91. The van der Waals surface area contributed by atoms with Crippen molar-refractivity contribution in [1.82, 2.24) is 9.88 Å². The van der Waals surface area contributed by atoms with Crippen molar-refractivity contribution in [2.45, 2.75) is 32.0 Å². The number of aromatic nitrogens is 1. The maximum atomic E-state index is 13.7. The van der Waals surface area contributed by atoms with Crippen LogP contribution in [0.15, 0.2) is 18.2 Å². The van der Waals surface area contributed by atoms with Crippen LogP contribution in [0.3, 0.4) is 0 Å². The van der Waals surface area contributed by atoms with E-state index in [4.69, 9.17) is 0 Å². The molecule has 104 valence electrons. The highest BCUT2D eigenvalue weighted by Gasteiger charge is 2.31. The highest BCUT2D eigenvalue weighted by Crippen LogP contribution is 2.31. The number of hydrogen-bond donors (Lipinski definition) is 0. The standard InChI is InChI=1S/C14H19FN2O2/c1-10-5-3-6-12(16-10)13-7-4-8-17(13)9-11(15)14(18)19-2/h3,5-6,11,13H,4,7-9H2,1-2H3/t11-,13-/m0/s1. The average molecular weight is 266 g/mol. The lowest BCUT2D eigenvalue weighted by Crippen LogP contribution is -2.35. The van der Waals surface area contributed by atoms with E-state index >= 15 is 0 Å². The topological polar surface area (TPSA) is 42.4 Å². The Morgan fingerprint density at radius 2 is 2.42 bits per heavy atom. The van der Waals surface area contributed by atoms with Gasteiger partial charge < -0.3 is 4.74 Å². The number of aryl methyl sites for hydroxylation is 1. The number of ether oxygens (including phenoxy) is 1. The molecule has 0 aliphatic carbocycles. The summed E-state index contributed by atoms with van der Waals surface area (Å²) in [5, 5.41) is 0. The van der Waals surface area contributed by atoms with Crippen molar-refractivity contribution < 1.29 is 13.9 Å². The third kappa shape index (κ3) is 3.29. The van der Waals surface area contributed by atoms with Crippen LogP contribution < -0.4 is 0 Å². The lowest BCUT2D eigenvalue weighted by Gasteiger charge is -2.24. The van der Waals surface area contributed by atoms with Gasteiger partial charge >= 0.3 is 5.97 Å². The van der Waals surface area contributed by atoms with Crippen LogP contribution in [0.4, 0.5) is 4.39 Å². The van der Waals surface area contributed by atoms with E-state index in [2.05, 4.69) is 9.72 Å². The third-order valence-electron chi connectivity index (χ3n) is 3.47. The minimum absolute atomic E-state index is 0.0764. The van der Waals surface area contributed by atoms with Crippen molar-refractivity contribution in [3.63, 3.8) is 0 Å². The fraction of sp³-hybridized carbons (Fsp3) is 0.571. The highest BCUT2D eigenvalue weighted by molar-refractivity contribution is 5.74. The Kier molecular flexibility index (Phi) is 4.47. The van der Waals surface area contributed by atoms with Gasteiger partial charge in [0.05, 0.1) is 18.8 Å². The Balaban J connectivity index is 2.07. The molecule has 1 aromatic heterocycles. The monoisotopic (exact) mass is 266 g/mol. The van der Waals surface area contributed by atoms with Crippen molar-refractivity contribution in [2.24, 2.45) is 0 Å². The Bertz CT molecular complexity index is 453. The Hall–Kier alpha value is -1.49. The zero-order valence-electron chi connectivity index (χ0n) is 11.3. The van der Waals surface area contributed by atoms with Crippen LogP contribution in [-0.2, 0) is 9.53 Å². The summed E-state index contributed by atoms with van der Waals surface area (Å²) in [6, 6.07) is 5.96. The van der Waals surface area contributed by atoms with Gasteiger partial charge in [-0.15, -0.1) is 0 Å². The second-order valence-corrected chi connectivity index (χ2v) is 4.85. The van der Waals surface area contributed by atoms with E-state index in [0.717, 1.165) is 30.8 Å². The van der Waals surface area contributed by atoms with Crippen LogP contribution in [0.1, 0.15) is 30.3 Å². The molecule has 0 amide bonds. The Morgan fingerprint density at radius 1 is 1.63 bits per heavy atom. The number of rotatable bonds is 4. The molecule has 0 bridgehead atoms. The van der Waals surface area contributed by atoms with Crippen LogP contribution in [-0.4, -0.2) is 42.2 Å². The predicted octanol–water partition coefficient (Wildman–Crippen LogP) is 2.04. The van der Waals surface area contributed by atoms with Gasteiger partial charge in [0.1, 0.15) is 0 Å². The maximum absolute atomic E-state index is 13.7. The zero-order chi connectivity index (χ0) is 13.8. The van der Waals surface area contributed by atoms with Crippen molar-refractivity contribution in [3.8, 4) is 0 Å². The fourth-order valence-corrected chi connectivity index (χ4v) is 2.54. The van der Waals surface area contributed by atoms with Gasteiger partial charge in [-0.1, -0.05) is 6.07 Å². The second-order valence-electron chi connectivity index (χ2n) is 4.85. The molecular weight excluding hydrogens is 247 g/mol. The molecule has 2 rings (SSSR count). The van der Waals surface area contributed by atoms with Crippen molar-refractivity contribution in [1.29, 1.82) is 0 Å². The van der Waals surface area contributed by atoms with E-state index in [9.17, 15) is 9.18 Å². The van der Waals surface area contributed by atoms with Gasteiger partial charge in [-0.25, -0.2) is 9.18 Å². The highest BCUT2D eigenvalue weighted by atomic mass is 19.1. The normalized spacial score (nSPS) is 21.3. The number of alkyl halides is 1. The molecule has 0 saturated carbocycles. The lowest BCUT2D eigenvalue weighted by molar-refractivity contribution is -0.147. The number of halogens is 1. The summed E-state index contributed by atoms with van der Waals surface area (Å²) in [6.07, 6.45) is 0.355. The number of likely N-dealkylation sites (tertiary alicyclic amines) is 1. The lowest BCUT2D eigenvalue weighted by atomic mass is 10.1. The molecule has 0 unspecified atom stereocenters. The van der Waals surface area contributed by atoms with E-state index < -0.39 is 12.1 Å². The minimum Gasteiger partial charge on any atom is -0.467 e. The van der Waals surface area contributed by atoms with E-state index in [1.807, 2.05) is 30.0 Å². The van der Waals surface area contributed by atoms with Crippen LogP contribution in [0.2, 0.25) is 0 Å². The number of pyridine rings is 1. The molecule has 0 radical (unpaired) electrons. The zero-order valence-corrected chi connectivity index (χ0v) is 11.3. The molecule has 1 saturated heterocycles. The molecular formula is C14H19FN2O2. The molecule has 5 heteroatoms. The Morgan fingerprint density at radius 3 is 3.11 bits per heavy atom. The summed E-state index contributed by atoms with van der Waals surface area (Å²) >= 11 is 0. The summed E-state index contributed by atoms with van der Waals surface area (Å²) in [7, 11) is 1.21. The van der Waals surface area contributed by atoms with E-state index in [1.165, 1.54) is 7.11 Å². The van der Waals surface area contributed by atoms with Gasteiger partial charge in [-0.2, -0.15) is 0 Å². The minimum atomic E-state index is -1.59. The third-order valence-corrected chi connectivity index (χ3v) is 3.47. The first kappa shape index (κ1) is 13.9. The van der Waals surface area contributed by atoms with Crippen LogP contribution in [0.25, 0.3) is 0 Å². The quantitative estimate of drug-likeness (QED) is 0.782. The summed E-state index contributed by atoms with van der Waals surface area (Å²) in [5.74, 6) is -0.803. The van der Waals surface area contributed by atoms with Gasteiger partial charge in [-0.05, 0) is 38.4 Å². The van der Waals surface area contributed by atoms with E-state index in [1.54, 1.807) is 0 Å². The summed E-state index contributed by atoms with van der Waals surface area (Å²) < 4.78 is 18.1. The van der Waals surface area contributed by atoms with Gasteiger partial charge in [0.2, 0.25) is 6.17 Å². The molecule has 2 heterocycles. The first-order valence-corrected chi connectivity index (χ1v) is 6.51. The SMILES string of the molecule is COC(=O)[C@@H](F)CN1CCC[C@H]1c1cccc(C)n1. The van der Waals surface area contributed by atoms with Gasteiger partial charge in [0.25, 0.3) is 0 Å². The molecule has 1 aliphatic heterocycles. The van der Waals surface area contributed by atoms with Crippen LogP contribution >= 0.6 is 0 Å². The first-order chi connectivity index (χ1) is 9.11. The van der Waals surface area contributed by atoms with E-state index in [0.29, 0.717) is 0 Å².